The molecule has 28 heavy (non-hydrogen) atoms. The minimum absolute atomic E-state index is 0.150. The highest BCUT2D eigenvalue weighted by Gasteiger charge is 2.14. The first-order valence-corrected chi connectivity index (χ1v) is 8.76. The number of hydrogen-bond acceptors (Lipinski definition) is 5. The third-order valence-electron chi connectivity index (χ3n) is 4.01. The highest BCUT2D eigenvalue weighted by Crippen LogP contribution is 2.22. The summed E-state index contributed by atoms with van der Waals surface area (Å²) in [7, 11) is 1.89. The number of hydrogen-bond donors (Lipinski definition) is 2. The second kappa shape index (κ2) is 8.30. The normalized spacial score (nSPS) is 10.2. The van der Waals surface area contributed by atoms with E-state index in [9.17, 15) is 9.59 Å². The highest BCUT2D eigenvalue weighted by atomic mass is 16.2. The van der Waals surface area contributed by atoms with Crippen molar-refractivity contribution in [3.8, 4) is 0 Å². The van der Waals surface area contributed by atoms with Crippen molar-refractivity contribution in [3.05, 3.63) is 72.2 Å². The Labute approximate surface area is 163 Å². The van der Waals surface area contributed by atoms with E-state index in [1.807, 2.05) is 42.3 Å². The first-order valence-electron chi connectivity index (χ1n) is 8.76. The average molecular weight is 375 g/mol. The third kappa shape index (κ3) is 4.70. The van der Waals surface area contributed by atoms with E-state index in [2.05, 4.69) is 20.6 Å². The number of aryl methyl sites for hydroxylation is 1. The molecule has 0 aliphatic heterocycles. The van der Waals surface area contributed by atoms with E-state index >= 15 is 0 Å². The molecule has 2 amide bonds. The van der Waals surface area contributed by atoms with Crippen LogP contribution in [0.15, 0.2) is 60.7 Å². The fourth-order valence-electron chi connectivity index (χ4n) is 2.66. The monoisotopic (exact) mass is 375 g/mol. The molecule has 0 saturated carbocycles. The van der Waals surface area contributed by atoms with Crippen LogP contribution in [-0.4, -0.2) is 28.8 Å². The van der Waals surface area contributed by atoms with Gasteiger partial charge in [0, 0.05) is 37.1 Å². The van der Waals surface area contributed by atoms with Crippen LogP contribution in [0.1, 0.15) is 23.2 Å². The van der Waals surface area contributed by atoms with Crippen molar-refractivity contribution in [3.63, 3.8) is 0 Å². The Bertz CT molecular complexity index is 987. The summed E-state index contributed by atoms with van der Waals surface area (Å²) in [5, 5.41) is 5.49. The number of carbonyl (C=O) groups excluding carboxylic acids is 2. The van der Waals surface area contributed by atoms with Gasteiger partial charge in [-0.05, 0) is 43.3 Å². The number of anilines is 4. The van der Waals surface area contributed by atoms with Crippen molar-refractivity contribution in [2.45, 2.75) is 13.8 Å². The zero-order valence-electron chi connectivity index (χ0n) is 15.9. The van der Waals surface area contributed by atoms with Gasteiger partial charge < -0.3 is 15.5 Å². The molecule has 0 fully saturated rings. The lowest BCUT2D eigenvalue weighted by Gasteiger charge is -2.19. The van der Waals surface area contributed by atoms with Gasteiger partial charge in [-0.15, -0.1) is 0 Å². The first kappa shape index (κ1) is 19.0. The molecule has 2 aromatic carbocycles. The molecule has 1 heterocycles. The fourth-order valence-corrected chi connectivity index (χ4v) is 2.66. The first-order chi connectivity index (χ1) is 13.4. The van der Waals surface area contributed by atoms with Gasteiger partial charge in [0.1, 0.15) is 17.3 Å². The molecule has 0 bridgehead atoms. The lowest BCUT2D eigenvalue weighted by atomic mass is 10.2. The number of nitrogens with one attached hydrogen (secondary N) is 2. The molecule has 0 spiro atoms. The van der Waals surface area contributed by atoms with Gasteiger partial charge in [-0.1, -0.05) is 18.2 Å². The topological polar surface area (TPSA) is 87.2 Å². The number of para-hydroxylation sites is 1. The Morgan fingerprint density at radius 3 is 2.11 bits per heavy atom. The molecule has 0 unspecified atom stereocenters. The van der Waals surface area contributed by atoms with Crippen LogP contribution in [0.2, 0.25) is 0 Å². The molecule has 1 aromatic heterocycles. The van der Waals surface area contributed by atoms with Gasteiger partial charge in [-0.2, -0.15) is 0 Å². The maximum Gasteiger partial charge on any atom is 0.274 e. The van der Waals surface area contributed by atoms with Crippen LogP contribution < -0.4 is 15.5 Å². The molecule has 0 aliphatic carbocycles. The molecule has 0 saturated heterocycles. The predicted molar refractivity (Wildman–Crippen MR) is 110 cm³/mol. The summed E-state index contributed by atoms with van der Waals surface area (Å²) in [4.78, 5) is 34.3. The maximum atomic E-state index is 12.7. The molecule has 0 atom stereocenters. The Morgan fingerprint density at radius 2 is 1.50 bits per heavy atom. The largest absolute Gasteiger partial charge is 0.329 e. The molecular formula is C21H21N5O2. The van der Waals surface area contributed by atoms with E-state index in [1.54, 1.807) is 37.3 Å². The van der Waals surface area contributed by atoms with Crippen LogP contribution in [0.4, 0.5) is 22.9 Å². The third-order valence-corrected chi connectivity index (χ3v) is 4.01. The number of aromatic nitrogens is 2. The fraction of sp³-hybridized carbons (Fsp3) is 0.143. The zero-order chi connectivity index (χ0) is 20.1. The van der Waals surface area contributed by atoms with Crippen LogP contribution in [0.5, 0.6) is 0 Å². The smallest absolute Gasteiger partial charge is 0.274 e. The van der Waals surface area contributed by atoms with Gasteiger partial charge in [-0.25, -0.2) is 9.97 Å². The van der Waals surface area contributed by atoms with Crippen molar-refractivity contribution < 1.29 is 9.59 Å². The van der Waals surface area contributed by atoms with Crippen LogP contribution in [0.25, 0.3) is 0 Å². The van der Waals surface area contributed by atoms with Crippen molar-refractivity contribution in [1.82, 2.24) is 9.97 Å². The standard InChI is InChI=1S/C21H21N5O2/c1-14-22-19(13-20(23-14)26(3)18-7-5-4-6-8-18)21(28)25-17-11-9-16(10-12-17)24-15(2)27/h4-13H,1-3H3,(H,24,27)(H,25,28). The number of carbonyl (C=O) groups is 2. The summed E-state index contributed by atoms with van der Waals surface area (Å²) >= 11 is 0. The summed E-state index contributed by atoms with van der Waals surface area (Å²) in [6.45, 7) is 3.19. The summed E-state index contributed by atoms with van der Waals surface area (Å²) < 4.78 is 0. The van der Waals surface area contributed by atoms with Crippen LogP contribution in [0, 0.1) is 6.92 Å². The average Bonchev–Trinajstić information content (AvgIpc) is 2.68. The molecule has 7 heteroatoms. The summed E-state index contributed by atoms with van der Waals surface area (Å²) in [6, 6.07) is 18.3. The van der Waals surface area contributed by atoms with Crippen LogP contribution in [-0.2, 0) is 4.79 Å². The summed E-state index contributed by atoms with van der Waals surface area (Å²) in [5.74, 6) is 0.653. The minimum atomic E-state index is -0.333. The second-order valence-electron chi connectivity index (χ2n) is 6.27. The van der Waals surface area contributed by atoms with E-state index in [0.29, 0.717) is 23.0 Å². The Morgan fingerprint density at radius 1 is 0.893 bits per heavy atom. The SMILES string of the molecule is CC(=O)Nc1ccc(NC(=O)c2cc(N(C)c3ccccc3)nc(C)n2)cc1. The lowest BCUT2D eigenvalue weighted by Crippen LogP contribution is -2.18. The summed E-state index contributed by atoms with van der Waals surface area (Å²) in [5.41, 5.74) is 2.50. The molecule has 0 radical (unpaired) electrons. The second-order valence-corrected chi connectivity index (χ2v) is 6.27. The van der Waals surface area contributed by atoms with Crippen molar-refractivity contribution >= 4 is 34.7 Å². The van der Waals surface area contributed by atoms with Crippen LogP contribution in [0.3, 0.4) is 0 Å². The zero-order valence-corrected chi connectivity index (χ0v) is 15.9. The van der Waals surface area contributed by atoms with Gasteiger partial charge >= 0.3 is 0 Å². The van der Waals surface area contributed by atoms with E-state index in [4.69, 9.17) is 0 Å². The number of amides is 2. The minimum Gasteiger partial charge on any atom is -0.329 e. The maximum absolute atomic E-state index is 12.7. The lowest BCUT2D eigenvalue weighted by molar-refractivity contribution is -0.114. The number of benzene rings is 2. The van der Waals surface area contributed by atoms with Crippen molar-refractivity contribution in [1.29, 1.82) is 0 Å². The molecular weight excluding hydrogens is 354 g/mol. The quantitative estimate of drug-likeness (QED) is 0.709. The number of rotatable bonds is 5. The molecule has 3 rings (SSSR count). The van der Waals surface area contributed by atoms with E-state index in [-0.39, 0.29) is 17.5 Å². The Kier molecular flexibility index (Phi) is 5.64. The molecule has 2 N–H and O–H groups in total. The van der Waals surface area contributed by atoms with E-state index < -0.39 is 0 Å². The molecule has 7 nitrogen and oxygen atoms in total. The van der Waals surface area contributed by atoms with E-state index in [1.165, 1.54) is 6.92 Å². The van der Waals surface area contributed by atoms with Gasteiger partial charge in [0.2, 0.25) is 5.91 Å². The Hall–Kier alpha value is -3.74. The Balaban J connectivity index is 1.78. The van der Waals surface area contributed by atoms with Gasteiger partial charge in [-0.3, -0.25) is 9.59 Å². The molecule has 142 valence electrons. The summed E-state index contributed by atoms with van der Waals surface area (Å²) in [6.07, 6.45) is 0. The highest BCUT2D eigenvalue weighted by molar-refractivity contribution is 6.03. The van der Waals surface area contributed by atoms with Gasteiger partial charge in [0.15, 0.2) is 0 Å². The predicted octanol–water partition coefficient (Wildman–Crippen LogP) is 3.76. The molecule has 3 aromatic rings. The van der Waals surface area contributed by atoms with Crippen molar-refractivity contribution in [2.75, 3.05) is 22.6 Å². The van der Waals surface area contributed by atoms with Crippen molar-refractivity contribution in [2.24, 2.45) is 0 Å². The van der Waals surface area contributed by atoms with Gasteiger partial charge in [0.25, 0.3) is 5.91 Å². The number of nitrogens with zero attached hydrogens (tertiary/aromatic N) is 3. The molecule has 0 aliphatic rings. The van der Waals surface area contributed by atoms with Gasteiger partial charge in [0.05, 0.1) is 0 Å². The van der Waals surface area contributed by atoms with Crippen LogP contribution >= 0.6 is 0 Å². The van der Waals surface area contributed by atoms with E-state index in [0.717, 1.165) is 5.69 Å².